The Kier molecular flexibility index (Phi) is 5.49. The molecule has 0 radical (unpaired) electrons. The van der Waals surface area contributed by atoms with Crippen molar-refractivity contribution >= 4 is 11.6 Å². The molecule has 19 heavy (non-hydrogen) atoms. The Morgan fingerprint density at radius 2 is 2.05 bits per heavy atom. The third kappa shape index (κ3) is 4.10. The normalized spacial score (nSPS) is 23.6. The summed E-state index contributed by atoms with van der Waals surface area (Å²) in [6, 6.07) is 7.77. The number of benzene rings is 1. The van der Waals surface area contributed by atoms with Crippen molar-refractivity contribution in [3.8, 4) is 5.75 Å². The van der Waals surface area contributed by atoms with Crippen LogP contribution in [0.4, 0.5) is 0 Å². The molecule has 0 spiro atoms. The maximum absolute atomic E-state index is 10.00. The Bertz CT molecular complexity index is 399. The Balaban J connectivity index is 1.77. The van der Waals surface area contributed by atoms with E-state index in [0.29, 0.717) is 11.6 Å². The van der Waals surface area contributed by atoms with E-state index in [1.165, 1.54) is 6.42 Å². The van der Waals surface area contributed by atoms with Crippen molar-refractivity contribution in [3.05, 3.63) is 29.3 Å². The first-order chi connectivity index (χ1) is 9.18. The number of halogens is 1. The second kappa shape index (κ2) is 7.13. The van der Waals surface area contributed by atoms with E-state index in [-0.39, 0.29) is 12.1 Å². The predicted molar refractivity (Wildman–Crippen MR) is 77.8 cm³/mol. The van der Waals surface area contributed by atoms with Gasteiger partial charge in [0.15, 0.2) is 0 Å². The first kappa shape index (κ1) is 14.6. The molecule has 2 unspecified atom stereocenters. The van der Waals surface area contributed by atoms with Crippen LogP contribution in [-0.4, -0.2) is 42.4 Å². The van der Waals surface area contributed by atoms with E-state index in [1.807, 2.05) is 24.3 Å². The first-order valence-corrected chi connectivity index (χ1v) is 7.32. The van der Waals surface area contributed by atoms with E-state index in [0.717, 1.165) is 31.6 Å². The Morgan fingerprint density at radius 3 is 2.79 bits per heavy atom. The van der Waals surface area contributed by atoms with Gasteiger partial charge in [0.2, 0.25) is 0 Å². The van der Waals surface area contributed by atoms with Crippen molar-refractivity contribution in [1.82, 2.24) is 4.90 Å². The van der Waals surface area contributed by atoms with Gasteiger partial charge in [0, 0.05) is 12.6 Å². The highest BCUT2D eigenvalue weighted by atomic mass is 35.5. The molecule has 0 bridgehead atoms. The quantitative estimate of drug-likeness (QED) is 0.902. The van der Waals surface area contributed by atoms with Crippen LogP contribution in [0.5, 0.6) is 5.75 Å². The highest BCUT2D eigenvalue weighted by molar-refractivity contribution is 6.32. The van der Waals surface area contributed by atoms with Gasteiger partial charge in [-0.3, -0.25) is 4.90 Å². The number of aliphatic hydroxyl groups excluding tert-OH is 1. The van der Waals surface area contributed by atoms with Gasteiger partial charge in [-0.05, 0) is 32.0 Å². The number of rotatable bonds is 5. The summed E-state index contributed by atoms with van der Waals surface area (Å²) in [4.78, 5) is 2.20. The van der Waals surface area contributed by atoms with Gasteiger partial charge in [-0.15, -0.1) is 0 Å². The summed E-state index contributed by atoms with van der Waals surface area (Å²) >= 11 is 6.03. The second-order valence-corrected chi connectivity index (χ2v) is 5.59. The molecule has 1 aliphatic rings. The van der Waals surface area contributed by atoms with Gasteiger partial charge in [-0.1, -0.05) is 36.6 Å². The third-order valence-corrected chi connectivity index (χ3v) is 4.11. The number of aliphatic hydroxyl groups is 1. The van der Waals surface area contributed by atoms with Crippen LogP contribution in [0.1, 0.15) is 25.7 Å². The van der Waals surface area contributed by atoms with Crippen LogP contribution in [0, 0.1) is 0 Å². The molecule has 1 aliphatic carbocycles. The van der Waals surface area contributed by atoms with Gasteiger partial charge in [0.1, 0.15) is 12.4 Å². The van der Waals surface area contributed by atoms with Gasteiger partial charge >= 0.3 is 0 Å². The largest absolute Gasteiger partial charge is 0.491 e. The molecule has 1 aromatic carbocycles. The van der Waals surface area contributed by atoms with E-state index >= 15 is 0 Å². The number of ether oxygens (including phenoxy) is 1. The topological polar surface area (TPSA) is 32.7 Å². The van der Waals surface area contributed by atoms with Crippen molar-refractivity contribution in [1.29, 1.82) is 0 Å². The lowest BCUT2D eigenvalue weighted by Crippen LogP contribution is -2.44. The first-order valence-electron chi connectivity index (χ1n) is 6.94. The zero-order valence-corrected chi connectivity index (χ0v) is 12.1. The number of likely N-dealkylation sites (N-methyl/N-ethyl adjacent to an activating group) is 1. The molecule has 2 rings (SSSR count). The van der Waals surface area contributed by atoms with Crippen LogP contribution in [0.15, 0.2) is 24.3 Å². The minimum atomic E-state index is -0.195. The summed E-state index contributed by atoms with van der Waals surface area (Å²) in [6.07, 6.45) is 4.14. The van der Waals surface area contributed by atoms with Crippen molar-refractivity contribution in [2.75, 3.05) is 20.2 Å². The SMILES string of the molecule is CN(CCOc1ccccc1Cl)C1CCCCC1O. The Labute approximate surface area is 120 Å². The molecule has 0 saturated heterocycles. The molecule has 1 saturated carbocycles. The molecule has 0 aliphatic heterocycles. The third-order valence-electron chi connectivity index (χ3n) is 3.80. The molecule has 0 amide bonds. The summed E-state index contributed by atoms with van der Waals surface area (Å²) in [7, 11) is 2.05. The summed E-state index contributed by atoms with van der Waals surface area (Å²) < 4.78 is 5.68. The molecule has 106 valence electrons. The maximum atomic E-state index is 10.00. The van der Waals surface area contributed by atoms with Crippen LogP contribution < -0.4 is 4.74 Å². The lowest BCUT2D eigenvalue weighted by atomic mass is 9.92. The fraction of sp³-hybridized carbons (Fsp3) is 0.600. The molecular formula is C15H22ClNO2. The van der Waals surface area contributed by atoms with Crippen LogP contribution >= 0.6 is 11.6 Å². The Hall–Kier alpha value is -0.770. The van der Waals surface area contributed by atoms with Crippen molar-refractivity contribution in [3.63, 3.8) is 0 Å². The van der Waals surface area contributed by atoms with E-state index in [9.17, 15) is 5.11 Å². The highest BCUT2D eigenvalue weighted by Crippen LogP contribution is 2.24. The monoisotopic (exact) mass is 283 g/mol. The van der Waals surface area contributed by atoms with Gasteiger partial charge in [-0.2, -0.15) is 0 Å². The molecule has 4 heteroatoms. The lowest BCUT2D eigenvalue weighted by Gasteiger charge is -2.35. The number of nitrogens with zero attached hydrogens (tertiary/aromatic N) is 1. The van der Waals surface area contributed by atoms with Crippen LogP contribution in [0.25, 0.3) is 0 Å². The average Bonchev–Trinajstić information content (AvgIpc) is 2.41. The van der Waals surface area contributed by atoms with E-state index < -0.39 is 0 Å². The molecule has 3 nitrogen and oxygen atoms in total. The van der Waals surface area contributed by atoms with Gasteiger partial charge < -0.3 is 9.84 Å². The molecule has 1 N–H and O–H groups in total. The van der Waals surface area contributed by atoms with Gasteiger partial charge in [0.05, 0.1) is 11.1 Å². The molecular weight excluding hydrogens is 262 g/mol. The molecule has 1 fully saturated rings. The smallest absolute Gasteiger partial charge is 0.137 e. The van der Waals surface area contributed by atoms with Gasteiger partial charge in [0.25, 0.3) is 0 Å². The zero-order chi connectivity index (χ0) is 13.7. The van der Waals surface area contributed by atoms with E-state index in [1.54, 1.807) is 0 Å². The zero-order valence-electron chi connectivity index (χ0n) is 11.4. The van der Waals surface area contributed by atoms with Crippen molar-refractivity contribution in [2.45, 2.75) is 37.8 Å². The Morgan fingerprint density at radius 1 is 1.32 bits per heavy atom. The predicted octanol–water partition coefficient (Wildman–Crippen LogP) is 2.95. The minimum absolute atomic E-state index is 0.195. The molecule has 1 aromatic rings. The molecule has 0 heterocycles. The standard InChI is InChI=1S/C15H22ClNO2/c1-17(13-7-3-4-8-14(13)18)10-11-19-15-9-5-2-6-12(15)16/h2,5-6,9,13-14,18H,3-4,7-8,10-11H2,1H3. The van der Waals surface area contributed by atoms with E-state index in [4.69, 9.17) is 16.3 Å². The second-order valence-electron chi connectivity index (χ2n) is 5.18. The van der Waals surface area contributed by atoms with Crippen LogP contribution in [0.3, 0.4) is 0 Å². The minimum Gasteiger partial charge on any atom is -0.491 e. The number of para-hydroxylation sites is 1. The van der Waals surface area contributed by atoms with Crippen LogP contribution in [-0.2, 0) is 0 Å². The maximum Gasteiger partial charge on any atom is 0.137 e. The summed E-state index contributed by atoms with van der Waals surface area (Å²) in [6.45, 7) is 1.39. The molecule has 0 aromatic heterocycles. The number of hydrogen-bond acceptors (Lipinski definition) is 3. The van der Waals surface area contributed by atoms with Gasteiger partial charge in [-0.25, -0.2) is 0 Å². The van der Waals surface area contributed by atoms with Crippen molar-refractivity contribution in [2.24, 2.45) is 0 Å². The number of hydrogen-bond donors (Lipinski definition) is 1. The fourth-order valence-corrected chi connectivity index (χ4v) is 2.82. The van der Waals surface area contributed by atoms with E-state index in [2.05, 4.69) is 11.9 Å². The molecule has 2 atom stereocenters. The summed E-state index contributed by atoms with van der Waals surface area (Å²) in [5.41, 5.74) is 0. The lowest BCUT2D eigenvalue weighted by molar-refractivity contribution is 0.0272. The van der Waals surface area contributed by atoms with Crippen molar-refractivity contribution < 1.29 is 9.84 Å². The average molecular weight is 284 g/mol. The fourth-order valence-electron chi connectivity index (χ4n) is 2.63. The summed E-state index contributed by atoms with van der Waals surface area (Å²) in [5, 5.41) is 10.6. The highest BCUT2D eigenvalue weighted by Gasteiger charge is 2.26. The van der Waals surface area contributed by atoms with Crippen LogP contribution in [0.2, 0.25) is 5.02 Å². The summed E-state index contributed by atoms with van der Waals surface area (Å²) in [5.74, 6) is 0.724.